The van der Waals surface area contributed by atoms with Crippen LogP contribution in [0.4, 0.5) is 0 Å². The first-order valence-corrected chi connectivity index (χ1v) is 6.90. The quantitative estimate of drug-likeness (QED) is 0.863. The summed E-state index contributed by atoms with van der Waals surface area (Å²) in [7, 11) is 0. The van der Waals surface area contributed by atoms with E-state index in [1.165, 1.54) is 0 Å². The molecule has 0 saturated heterocycles. The standard InChI is InChI=1S/C16H23NO3/c1-15(2,3)17-9-13(18)11-6-7-14-12(8-11)10-19-16(4,5)20-14/h6-8,17H,9-10H2,1-5H3. The molecule has 4 heteroatoms. The molecule has 4 nitrogen and oxygen atoms in total. The van der Waals surface area contributed by atoms with Gasteiger partial charge in [0.1, 0.15) is 5.75 Å². The van der Waals surface area contributed by atoms with Gasteiger partial charge in [-0.3, -0.25) is 4.79 Å². The Kier molecular flexibility index (Phi) is 3.89. The Morgan fingerprint density at radius 2 is 2.05 bits per heavy atom. The summed E-state index contributed by atoms with van der Waals surface area (Å²) in [6, 6.07) is 5.52. The second-order valence-corrected chi connectivity index (χ2v) is 6.64. The Morgan fingerprint density at radius 3 is 2.70 bits per heavy atom. The number of ether oxygens (including phenoxy) is 2. The van der Waals surface area contributed by atoms with Crippen LogP contribution in [0.15, 0.2) is 18.2 Å². The fraction of sp³-hybridized carbons (Fsp3) is 0.562. The molecule has 110 valence electrons. The lowest BCUT2D eigenvalue weighted by molar-refractivity contribution is -0.180. The van der Waals surface area contributed by atoms with Crippen LogP contribution in [0.2, 0.25) is 0 Å². The molecule has 0 aliphatic carbocycles. The zero-order valence-corrected chi connectivity index (χ0v) is 12.9. The molecule has 0 spiro atoms. The van der Waals surface area contributed by atoms with Crippen LogP contribution in [-0.2, 0) is 11.3 Å². The first-order valence-electron chi connectivity index (χ1n) is 6.90. The molecule has 1 aliphatic heterocycles. The SMILES string of the molecule is CC(C)(C)NCC(=O)c1ccc2c(c1)COC(C)(C)O2. The second kappa shape index (κ2) is 5.19. The number of hydrogen-bond acceptors (Lipinski definition) is 4. The lowest BCUT2D eigenvalue weighted by atomic mass is 10.0. The van der Waals surface area contributed by atoms with E-state index >= 15 is 0 Å². The van der Waals surface area contributed by atoms with Crippen molar-refractivity contribution in [2.45, 2.75) is 52.6 Å². The Bertz CT molecular complexity index is 515. The molecule has 1 heterocycles. The van der Waals surface area contributed by atoms with Crippen LogP contribution < -0.4 is 10.1 Å². The van der Waals surface area contributed by atoms with Crippen molar-refractivity contribution in [1.29, 1.82) is 0 Å². The third-order valence-corrected chi connectivity index (χ3v) is 3.09. The van der Waals surface area contributed by atoms with Crippen molar-refractivity contribution < 1.29 is 14.3 Å². The van der Waals surface area contributed by atoms with Gasteiger partial charge in [0.15, 0.2) is 5.78 Å². The van der Waals surface area contributed by atoms with Crippen LogP contribution in [-0.4, -0.2) is 23.7 Å². The van der Waals surface area contributed by atoms with Crippen LogP contribution in [0.25, 0.3) is 0 Å². The molecular weight excluding hydrogens is 254 g/mol. The van der Waals surface area contributed by atoms with Crippen molar-refractivity contribution in [2.75, 3.05) is 6.54 Å². The van der Waals surface area contributed by atoms with Gasteiger partial charge in [-0.25, -0.2) is 0 Å². The highest BCUT2D eigenvalue weighted by Gasteiger charge is 2.27. The molecule has 1 aliphatic rings. The minimum Gasteiger partial charge on any atom is -0.463 e. The van der Waals surface area contributed by atoms with Gasteiger partial charge in [0, 0.05) is 30.5 Å². The molecule has 0 bridgehead atoms. The highest BCUT2D eigenvalue weighted by molar-refractivity contribution is 5.98. The summed E-state index contributed by atoms with van der Waals surface area (Å²) >= 11 is 0. The molecule has 1 aromatic rings. The summed E-state index contributed by atoms with van der Waals surface area (Å²) in [6.07, 6.45) is 0. The molecule has 1 aromatic carbocycles. The van der Waals surface area contributed by atoms with Gasteiger partial charge in [0.25, 0.3) is 0 Å². The monoisotopic (exact) mass is 277 g/mol. The van der Waals surface area contributed by atoms with E-state index in [0.717, 1.165) is 11.3 Å². The Labute approximate surface area is 120 Å². The van der Waals surface area contributed by atoms with Crippen molar-refractivity contribution >= 4 is 5.78 Å². The first kappa shape index (κ1) is 15.0. The summed E-state index contributed by atoms with van der Waals surface area (Å²) < 4.78 is 11.3. The lowest BCUT2D eigenvalue weighted by Gasteiger charge is -2.32. The van der Waals surface area contributed by atoms with E-state index in [9.17, 15) is 4.79 Å². The van der Waals surface area contributed by atoms with Gasteiger partial charge in [-0.2, -0.15) is 0 Å². The minimum atomic E-state index is -0.605. The number of benzene rings is 1. The molecule has 0 radical (unpaired) electrons. The maximum absolute atomic E-state index is 12.2. The molecule has 0 atom stereocenters. The van der Waals surface area contributed by atoms with Crippen molar-refractivity contribution in [3.63, 3.8) is 0 Å². The van der Waals surface area contributed by atoms with Gasteiger partial charge in [-0.05, 0) is 39.0 Å². The van der Waals surface area contributed by atoms with Gasteiger partial charge >= 0.3 is 0 Å². The number of rotatable bonds is 3. The first-order chi connectivity index (χ1) is 9.16. The zero-order chi connectivity index (χ0) is 15.0. The number of Topliss-reactive ketones (excluding diaryl/α,β-unsaturated/α-hetero) is 1. The van der Waals surface area contributed by atoms with Crippen molar-refractivity contribution in [1.82, 2.24) is 5.32 Å². The summed E-state index contributed by atoms with van der Waals surface area (Å²) in [5.41, 5.74) is 1.54. The summed E-state index contributed by atoms with van der Waals surface area (Å²) in [4.78, 5) is 12.2. The van der Waals surface area contributed by atoms with Crippen molar-refractivity contribution in [3.05, 3.63) is 29.3 Å². The molecular formula is C16H23NO3. The lowest BCUT2D eigenvalue weighted by Crippen LogP contribution is -2.39. The minimum absolute atomic E-state index is 0.0693. The van der Waals surface area contributed by atoms with Gasteiger partial charge in [-0.1, -0.05) is 0 Å². The predicted octanol–water partition coefficient (Wildman–Crippen LogP) is 2.90. The van der Waals surface area contributed by atoms with Crippen LogP contribution in [0, 0.1) is 0 Å². The molecule has 0 aromatic heterocycles. The number of nitrogens with one attached hydrogen (secondary N) is 1. The molecule has 0 fully saturated rings. The molecule has 0 unspecified atom stereocenters. The van der Waals surface area contributed by atoms with Gasteiger partial charge in [-0.15, -0.1) is 0 Å². The van der Waals surface area contributed by atoms with Crippen molar-refractivity contribution in [3.8, 4) is 5.75 Å². The average molecular weight is 277 g/mol. The number of carbonyl (C=O) groups excluding carboxylic acids is 1. The molecule has 0 amide bonds. The predicted molar refractivity (Wildman–Crippen MR) is 78.0 cm³/mol. The van der Waals surface area contributed by atoms with Crippen LogP contribution in [0.5, 0.6) is 5.75 Å². The smallest absolute Gasteiger partial charge is 0.205 e. The average Bonchev–Trinajstić information content (AvgIpc) is 2.33. The molecule has 0 saturated carbocycles. The highest BCUT2D eigenvalue weighted by atomic mass is 16.7. The van der Waals surface area contributed by atoms with Crippen LogP contribution >= 0.6 is 0 Å². The summed E-state index contributed by atoms with van der Waals surface area (Å²) in [5.74, 6) is 0.265. The van der Waals surface area contributed by atoms with E-state index in [0.29, 0.717) is 18.7 Å². The maximum atomic E-state index is 12.2. The van der Waals surface area contributed by atoms with Crippen molar-refractivity contribution in [2.24, 2.45) is 0 Å². The highest BCUT2D eigenvalue weighted by Crippen LogP contribution is 2.31. The van der Waals surface area contributed by atoms with Gasteiger partial charge < -0.3 is 14.8 Å². The van der Waals surface area contributed by atoms with E-state index in [4.69, 9.17) is 9.47 Å². The third kappa shape index (κ3) is 3.81. The van der Waals surface area contributed by atoms with E-state index in [1.807, 2.05) is 52.8 Å². The summed E-state index contributed by atoms with van der Waals surface area (Å²) in [5, 5.41) is 3.20. The number of fused-ring (bicyclic) bond motifs is 1. The fourth-order valence-corrected chi connectivity index (χ4v) is 1.96. The largest absolute Gasteiger partial charge is 0.463 e. The summed E-state index contributed by atoms with van der Waals surface area (Å²) in [6.45, 7) is 10.7. The molecule has 1 N–H and O–H groups in total. The van der Waals surface area contributed by atoms with Gasteiger partial charge in [0.05, 0.1) is 13.2 Å². The Morgan fingerprint density at radius 1 is 1.35 bits per heavy atom. The Hall–Kier alpha value is -1.39. The normalized spacial score (nSPS) is 17.2. The van der Waals surface area contributed by atoms with Gasteiger partial charge in [0.2, 0.25) is 5.79 Å². The van der Waals surface area contributed by atoms with Crippen LogP contribution in [0.1, 0.15) is 50.5 Å². The topological polar surface area (TPSA) is 47.6 Å². The van der Waals surface area contributed by atoms with E-state index in [1.54, 1.807) is 0 Å². The van der Waals surface area contributed by atoms with E-state index in [2.05, 4.69) is 5.32 Å². The van der Waals surface area contributed by atoms with Crippen LogP contribution in [0.3, 0.4) is 0 Å². The number of carbonyl (C=O) groups is 1. The number of ketones is 1. The zero-order valence-electron chi connectivity index (χ0n) is 12.9. The second-order valence-electron chi connectivity index (χ2n) is 6.64. The fourth-order valence-electron chi connectivity index (χ4n) is 1.96. The maximum Gasteiger partial charge on any atom is 0.205 e. The number of hydrogen-bond donors (Lipinski definition) is 1. The van der Waals surface area contributed by atoms with E-state index < -0.39 is 5.79 Å². The van der Waals surface area contributed by atoms with E-state index in [-0.39, 0.29) is 11.3 Å². The third-order valence-electron chi connectivity index (χ3n) is 3.09. The molecule has 20 heavy (non-hydrogen) atoms. The Balaban J connectivity index is 2.10. The molecule has 2 rings (SSSR count).